The summed E-state index contributed by atoms with van der Waals surface area (Å²) in [6, 6.07) is 12.6. The zero-order chi connectivity index (χ0) is 24.9. The van der Waals surface area contributed by atoms with Crippen LogP contribution in [0.4, 0.5) is 0 Å². The first-order valence-corrected chi connectivity index (χ1v) is 13.2. The molecule has 1 unspecified atom stereocenters. The molecule has 35 heavy (non-hydrogen) atoms. The number of benzene rings is 2. The molecule has 1 aliphatic rings. The molecule has 6 heteroatoms. The number of carbonyl (C=O) groups is 1. The Bertz CT molecular complexity index is 1160. The molecule has 4 rings (SSSR count). The van der Waals surface area contributed by atoms with E-state index >= 15 is 0 Å². The van der Waals surface area contributed by atoms with E-state index < -0.39 is 0 Å². The number of nitrogens with one attached hydrogen (secondary N) is 1. The van der Waals surface area contributed by atoms with Crippen molar-refractivity contribution in [3.8, 4) is 5.75 Å². The summed E-state index contributed by atoms with van der Waals surface area (Å²) in [7, 11) is 2.09. The molecule has 0 aliphatic carbocycles. The van der Waals surface area contributed by atoms with Gasteiger partial charge in [0.25, 0.3) is 0 Å². The molecule has 1 N–H and O–H groups in total. The van der Waals surface area contributed by atoms with Crippen LogP contribution in [0.25, 0.3) is 10.9 Å². The van der Waals surface area contributed by atoms with E-state index in [0.717, 1.165) is 54.7 Å². The van der Waals surface area contributed by atoms with Gasteiger partial charge in [0.2, 0.25) is 5.91 Å². The maximum atomic E-state index is 13.6. The largest absolute Gasteiger partial charge is 0.492 e. The van der Waals surface area contributed by atoms with Crippen molar-refractivity contribution in [2.24, 2.45) is 11.8 Å². The van der Waals surface area contributed by atoms with Gasteiger partial charge in [-0.3, -0.25) is 4.79 Å². The molecule has 0 radical (unpaired) electrons. The highest BCUT2D eigenvalue weighted by Gasteiger charge is 2.24. The predicted molar refractivity (Wildman–Crippen MR) is 144 cm³/mol. The Morgan fingerprint density at radius 1 is 1.11 bits per heavy atom. The van der Waals surface area contributed by atoms with E-state index in [1.165, 1.54) is 10.9 Å². The van der Waals surface area contributed by atoms with Gasteiger partial charge in [-0.2, -0.15) is 0 Å². The molecule has 2 aromatic carbocycles. The number of amides is 1. The predicted octanol–water partition coefficient (Wildman–Crippen LogP) is 6.29. The first-order chi connectivity index (χ1) is 16.8. The number of aromatic nitrogens is 1. The van der Waals surface area contributed by atoms with Gasteiger partial charge in [-0.1, -0.05) is 50.6 Å². The number of nitrogens with zero attached hydrogens (tertiary/aromatic N) is 2. The second-order valence-electron chi connectivity index (χ2n) is 10.4. The van der Waals surface area contributed by atoms with Crippen LogP contribution in [0, 0.1) is 11.8 Å². The monoisotopic (exact) mass is 495 g/mol. The lowest BCUT2D eigenvalue weighted by Gasteiger charge is -2.30. The first-order valence-electron chi connectivity index (χ1n) is 12.8. The van der Waals surface area contributed by atoms with E-state index in [1.807, 2.05) is 24.1 Å². The summed E-state index contributed by atoms with van der Waals surface area (Å²) in [6.45, 7) is 9.87. The lowest BCUT2D eigenvalue weighted by molar-refractivity contribution is -0.136. The Morgan fingerprint density at radius 2 is 1.94 bits per heavy atom. The van der Waals surface area contributed by atoms with E-state index in [9.17, 15) is 4.79 Å². The van der Waals surface area contributed by atoms with Gasteiger partial charge in [0.15, 0.2) is 0 Å². The molecule has 1 amide bonds. The topological polar surface area (TPSA) is 48.6 Å². The number of H-pyrrole nitrogens is 1. The fourth-order valence-corrected chi connectivity index (χ4v) is 5.45. The molecular formula is C29H38ClN3O2. The van der Waals surface area contributed by atoms with E-state index in [4.69, 9.17) is 16.3 Å². The van der Waals surface area contributed by atoms with Gasteiger partial charge < -0.3 is 19.5 Å². The summed E-state index contributed by atoms with van der Waals surface area (Å²) in [6.07, 6.45) is 5.09. The molecule has 1 aliphatic heterocycles. The van der Waals surface area contributed by atoms with Crippen molar-refractivity contribution >= 4 is 28.4 Å². The summed E-state index contributed by atoms with van der Waals surface area (Å²) < 4.78 is 5.88. The minimum Gasteiger partial charge on any atom is -0.492 e. The van der Waals surface area contributed by atoms with Crippen LogP contribution in [0.3, 0.4) is 0 Å². The SMILES string of the molecule is CC(C)CN(Cc1cc(Cl)c2c(c1)CCCCO2)C(=O)C(C)CN(C)Cc1cccc2[nH]ccc12. The van der Waals surface area contributed by atoms with Crippen molar-refractivity contribution in [2.45, 2.75) is 53.1 Å². The second-order valence-corrected chi connectivity index (χ2v) is 10.8. The number of carbonyl (C=O) groups excluding carboxylic acids is 1. The minimum atomic E-state index is -0.108. The van der Waals surface area contributed by atoms with Gasteiger partial charge in [0, 0.05) is 49.2 Å². The Morgan fingerprint density at radius 3 is 2.74 bits per heavy atom. The highest BCUT2D eigenvalue weighted by atomic mass is 35.5. The molecule has 0 fully saturated rings. The van der Waals surface area contributed by atoms with Crippen molar-refractivity contribution in [1.29, 1.82) is 0 Å². The molecule has 188 valence electrons. The third-order valence-corrected chi connectivity index (χ3v) is 6.95. The summed E-state index contributed by atoms with van der Waals surface area (Å²) in [5.41, 5.74) is 4.65. The van der Waals surface area contributed by atoms with Gasteiger partial charge in [0.1, 0.15) is 5.75 Å². The molecule has 0 saturated heterocycles. The van der Waals surface area contributed by atoms with Crippen LogP contribution in [0.15, 0.2) is 42.6 Å². The number of halogens is 1. The Balaban J connectivity index is 1.45. The molecule has 2 heterocycles. The van der Waals surface area contributed by atoms with Crippen LogP contribution in [0.1, 0.15) is 50.3 Å². The number of hydrogen-bond acceptors (Lipinski definition) is 3. The number of hydrogen-bond donors (Lipinski definition) is 1. The van der Waals surface area contributed by atoms with E-state index in [0.29, 0.717) is 30.6 Å². The van der Waals surface area contributed by atoms with Gasteiger partial charge in [-0.15, -0.1) is 0 Å². The van der Waals surface area contributed by atoms with Crippen molar-refractivity contribution in [3.05, 3.63) is 64.3 Å². The van der Waals surface area contributed by atoms with Crippen LogP contribution in [-0.2, 0) is 24.3 Å². The highest BCUT2D eigenvalue weighted by Crippen LogP contribution is 2.34. The van der Waals surface area contributed by atoms with Crippen molar-refractivity contribution < 1.29 is 9.53 Å². The summed E-state index contributed by atoms with van der Waals surface area (Å²) in [5.74, 6) is 1.29. The summed E-state index contributed by atoms with van der Waals surface area (Å²) >= 11 is 6.59. The van der Waals surface area contributed by atoms with Crippen LogP contribution >= 0.6 is 11.6 Å². The number of fused-ring (bicyclic) bond motifs is 2. The quantitative estimate of drug-likeness (QED) is 0.379. The molecular weight excluding hydrogens is 458 g/mol. The average Bonchev–Trinajstić information content (AvgIpc) is 3.16. The standard InChI is InChI=1S/C29H38ClN3O2/c1-20(2)16-33(18-22-14-23-8-5-6-13-35-28(23)26(30)15-22)29(34)21(3)17-32(4)19-24-9-7-10-27-25(24)11-12-31-27/h7,9-12,14-15,20-21,31H,5-6,8,13,16-19H2,1-4H3. The fourth-order valence-electron chi connectivity index (χ4n) is 5.14. The van der Waals surface area contributed by atoms with Gasteiger partial charge in [-0.25, -0.2) is 0 Å². The minimum absolute atomic E-state index is 0.108. The van der Waals surface area contributed by atoms with Crippen LogP contribution in [0.2, 0.25) is 5.02 Å². The number of aryl methyl sites for hydroxylation is 1. The first kappa shape index (κ1) is 25.6. The number of ether oxygens (including phenoxy) is 1. The molecule has 0 saturated carbocycles. The Hall–Kier alpha value is -2.50. The maximum absolute atomic E-state index is 13.6. The Labute approximate surface area is 214 Å². The van der Waals surface area contributed by atoms with Gasteiger partial charge >= 0.3 is 0 Å². The van der Waals surface area contributed by atoms with Crippen molar-refractivity contribution in [3.63, 3.8) is 0 Å². The zero-order valence-electron chi connectivity index (χ0n) is 21.4. The lowest BCUT2D eigenvalue weighted by Crippen LogP contribution is -2.40. The maximum Gasteiger partial charge on any atom is 0.227 e. The van der Waals surface area contributed by atoms with Crippen LogP contribution < -0.4 is 4.74 Å². The fraction of sp³-hybridized carbons (Fsp3) is 0.483. The summed E-state index contributed by atoms with van der Waals surface area (Å²) in [5, 5.41) is 1.90. The smallest absolute Gasteiger partial charge is 0.227 e. The second kappa shape index (κ2) is 11.5. The van der Waals surface area contributed by atoms with Crippen LogP contribution in [0.5, 0.6) is 5.75 Å². The highest BCUT2D eigenvalue weighted by molar-refractivity contribution is 6.32. The van der Waals surface area contributed by atoms with E-state index in [2.05, 4.69) is 61.1 Å². The normalized spacial score (nSPS) is 14.6. The third-order valence-electron chi connectivity index (χ3n) is 6.67. The Kier molecular flexibility index (Phi) is 8.40. The molecule has 5 nitrogen and oxygen atoms in total. The molecule has 1 atom stereocenters. The molecule has 0 spiro atoms. The number of aromatic amines is 1. The zero-order valence-corrected chi connectivity index (χ0v) is 22.2. The van der Waals surface area contributed by atoms with Crippen molar-refractivity contribution in [2.75, 3.05) is 26.7 Å². The molecule has 0 bridgehead atoms. The van der Waals surface area contributed by atoms with E-state index in [-0.39, 0.29) is 11.8 Å². The van der Waals surface area contributed by atoms with Gasteiger partial charge in [0.05, 0.1) is 11.6 Å². The average molecular weight is 496 g/mol. The lowest BCUT2D eigenvalue weighted by atomic mass is 10.0. The molecule has 3 aromatic rings. The van der Waals surface area contributed by atoms with Crippen molar-refractivity contribution in [1.82, 2.24) is 14.8 Å². The third kappa shape index (κ3) is 6.39. The van der Waals surface area contributed by atoms with E-state index in [1.54, 1.807) is 0 Å². The van der Waals surface area contributed by atoms with Gasteiger partial charge in [-0.05, 0) is 67.1 Å². The molecule has 1 aromatic heterocycles. The van der Waals surface area contributed by atoms with Crippen LogP contribution in [-0.4, -0.2) is 47.4 Å². The summed E-state index contributed by atoms with van der Waals surface area (Å²) in [4.78, 5) is 21.1. The number of rotatable bonds is 9.